The summed E-state index contributed by atoms with van der Waals surface area (Å²) in [6, 6.07) is 59.7. The van der Waals surface area contributed by atoms with Crippen molar-refractivity contribution in [1.29, 1.82) is 0 Å². The van der Waals surface area contributed by atoms with Gasteiger partial charge in [0.15, 0.2) is 17.5 Å². The molecule has 7 aromatic carbocycles. The molecule has 5 heteroatoms. The SMILES string of the molecule is c1ccc(-c2nc(-c3ccccc3)nc(-c3cccc4sc5c(-c6ccc7c8ccccc8n(-c8ccccc8)c7c6)cccc5c34)n2)cc1. The Morgan fingerprint density at radius 1 is 0.400 bits per heavy atom. The first-order valence-electron chi connectivity index (χ1n) is 16.7. The molecule has 234 valence electrons. The number of nitrogens with zero attached hydrogens (tertiary/aromatic N) is 4. The average Bonchev–Trinajstić information content (AvgIpc) is 3.74. The lowest BCUT2D eigenvalue weighted by atomic mass is 9.99. The lowest BCUT2D eigenvalue weighted by molar-refractivity contribution is 1.08. The second-order valence-corrected chi connectivity index (χ2v) is 13.5. The summed E-state index contributed by atoms with van der Waals surface area (Å²) in [4.78, 5) is 15.1. The monoisotopic (exact) mass is 656 g/mol. The number of aromatic nitrogens is 4. The number of hydrogen-bond acceptors (Lipinski definition) is 4. The normalized spacial score (nSPS) is 11.6. The van der Waals surface area contributed by atoms with E-state index in [1.165, 1.54) is 47.7 Å². The molecule has 50 heavy (non-hydrogen) atoms. The summed E-state index contributed by atoms with van der Waals surface area (Å²) < 4.78 is 4.83. The van der Waals surface area contributed by atoms with E-state index in [0.29, 0.717) is 17.5 Å². The fraction of sp³-hybridized carbons (Fsp3) is 0. The van der Waals surface area contributed by atoms with E-state index in [1.54, 1.807) is 0 Å². The number of hydrogen-bond donors (Lipinski definition) is 0. The van der Waals surface area contributed by atoms with Crippen LogP contribution in [0.4, 0.5) is 0 Å². The number of para-hydroxylation sites is 2. The van der Waals surface area contributed by atoms with Gasteiger partial charge in [-0.1, -0.05) is 140 Å². The van der Waals surface area contributed by atoms with Crippen LogP contribution in [0.15, 0.2) is 170 Å². The molecule has 3 heterocycles. The Balaban J connectivity index is 1.19. The minimum absolute atomic E-state index is 0.661. The first-order chi connectivity index (χ1) is 24.8. The van der Waals surface area contributed by atoms with Crippen molar-refractivity contribution >= 4 is 53.3 Å². The third-order valence-electron chi connectivity index (χ3n) is 9.46. The first kappa shape index (κ1) is 28.6. The van der Waals surface area contributed by atoms with E-state index in [4.69, 9.17) is 15.0 Å². The second kappa shape index (κ2) is 11.6. The van der Waals surface area contributed by atoms with Crippen LogP contribution in [0.3, 0.4) is 0 Å². The molecule has 4 nitrogen and oxygen atoms in total. The Morgan fingerprint density at radius 2 is 0.980 bits per heavy atom. The minimum Gasteiger partial charge on any atom is -0.309 e. The van der Waals surface area contributed by atoms with Gasteiger partial charge in [0.1, 0.15) is 0 Å². The van der Waals surface area contributed by atoms with Crippen molar-refractivity contribution in [2.24, 2.45) is 0 Å². The third kappa shape index (κ3) is 4.63. The fourth-order valence-corrected chi connectivity index (χ4v) is 8.45. The van der Waals surface area contributed by atoms with Crippen LogP contribution in [0, 0.1) is 0 Å². The predicted molar refractivity (Wildman–Crippen MR) is 209 cm³/mol. The predicted octanol–water partition coefficient (Wildman–Crippen LogP) is 12.0. The summed E-state index contributed by atoms with van der Waals surface area (Å²) in [5.74, 6) is 1.99. The summed E-state index contributed by atoms with van der Waals surface area (Å²) in [7, 11) is 0. The summed E-state index contributed by atoms with van der Waals surface area (Å²) in [5.41, 5.74) is 8.88. The van der Waals surface area contributed by atoms with Gasteiger partial charge in [-0.15, -0.1) is 11.3 Å². The molecule has 0 unspecified atom stereocenters. The van der Waals surface area contributed by atoms with Gasteiger partial charge in [0.25, 0.3) is 0 Å². The maximum atomic E-state index is 5.09. The van der Waals surface area contributed by atoms with E-state index in [-0.39, 0.29) is 0 Å². The van der Waals surface area contributed by atoms with Crippen LogP contribution in [0.1, 0.15) is 0 Å². The molecule has 10 aromatic rings. The van der Waals surface area contributed by atoms with Crippen LogP contribution < -0.4 is 0 Å². The molecule has 0 aliphatic carbocycles. The largest absolute Gasteiger partial charge is 0.309 e. The maximum absolute atomic E-state index is 5.09. The Labute approximate surface area is 292 Å². The highest BCUT2D eigenvalue weighted by Gasteiger charge is 2.19. The van der Waals surface area contributed by atoms with Crippen molar-refractivity contribution in [3.8, 4) is 51.0 Å². The zero-order valence-corrected chi connectivity index (χ0v) is 27.7. The van der Waals surface area contributed by atoms with E-state index in [9.17, 15) is 0 Å². The van der Waals surface area contributed by atoms with Crippen LogP contribution in [0.25, 0.3) is 93.0 Å². The third-order valence-corrected chi connectivity index (χ3v) is 10.7. The van der Waals surface area contributed by atoms with Gasteiger partial charge in [-0.3, -0.25) is 0 Å². The van der Waals surface area contributed by atoms with E-state index in [0.717, 1.165) is 27.8 Å². The Morgan fingerprint density at radius 3 is 1.72 bits per heavy atom. The molecule has 0 saturated carbocycles. The van der Waals surface area contributed by atoms with Crippen LogP contribution >= 0.6 is 11.3 Å². The lowest BCUT2D eigenvalue weighted by Crippen LogP contribution is -2.00. The molecular weight excluding hydrogens is 629 g/mol. The zero-order chi connectivity index (χ0) is 33.0. The van der Waals surface area contributed by atoms with Crippen molar-refractivity contribution in [2.45, 2.75) is 0 Å². The molecule has 0 N–H and O–H groups in total. The zero-order valence-electron chi connectivity index (χ0n) is 26.9. The molecule has 0 radical (unpaired) electrons. The molecule has 0 spiro atoms. The Hall–Kier alpha value is -6.43. The van der Waals surface area contributed by atoms with Crippen LogP contribution in [-0.2, 0) is 0 Å². The molecular formula is C45H28N4S. The molecule has 0 aliphatic heterocycles. The van der Waals surface area contributed by atoms with Gasteiger partial charge in [0, 0.05) is 53.3 Å². The fourth-order valence-electron chi connectivity index (χ4n) is 7.18. The number of thiophene rings is 1. The molecule has 0 aliphatic rings. The van der Waals surface area contributed by atoms with Gasteiger partial charge in [-0.2, -0.15) is 0 Å². The Kier molecular flexibility index (Phi) is 6.64. The molecule has 0 saturated heterocycles. The summed E-state index contributed by atoms with van der Waals surface area (Å²) in [5, 5.41) is 4.87. The quantitative estimate of drug-likeness (QED) is 0.185. The van der Waals surface area contributed by atoms with Gasteiger partial charge in [0.2, 0.25) is 0 Å². The maximum Gasteiger partial charge on any atom is 0.164 e. The molecule has 3 aromatic heterocycles. The highest BCUT2D eigenvalue weighted by molar-refractivity contribution is 7.26. The Bertz CT molecular complexity index is 2800. The van der Waals surface area contributed by atoms with Crippen LogP contribution in [0.5, 0.6) is 0 Å². The van der Waals surface area contributed by atoms with Gasteiger partial charge in [-0.05, 0) is 41.5 Å². The second-order valence-electron chi connectivity index (χ2n) is 12.4. The van der Waals surface area contributed by atoms with Gasteiger partial charge < -0.3 is 4.57 Å². The van der Waals surface area contributed by atoms with Crippen LogP contribution in [0.2, 0.25) is 0 Å². The summed E-state index contributed by atoms with van der Waals surface area (Å²) in [6.45, 7) is 0. The van der Waals surface area contributed by atoms with E-state index in [1.807, 2.05) is 47.7 Å². The van der Waals surface area contributed by atoms with Gasteiger partial charge in [0.05, 0.1) is 11.0 Å². The highest BCUT2D eigenvalue weighted by atomic mass is 32.1. The topological polar surface area (TPSA) is 43.6 Å². The van der Waals surface area contributed by atoms with Gasteiger partial charge in [-0.25, -0.2) is 15.0 Å². The van der Waals surface area contributed by atoms with Crippen molar-refractivity contribution in [1.82, 2.24) is 19.5 Å². The lowest BCUT2D eigenvalue weighted by Gasteiger charge is -2.10. The summed E-state index contributed by atoms with van der Waals surface area (Å²) >= 11 is 1.83. The minimum atomic E-state index is 0.661. The van der Waals surface area contributed by atoms with E-state index < -0.39 is 0 Å². The number of rotatable bonds is 5. The summed E-state index contributed by atoms with van der Waals surface area (Å²) in [6.07, 6.45) is 0. The molecule has 0 amide bonds. The van der Waals surface area contributed by atoms with E-state index >= 15 is 0 Å². The first-order valence-corrected chi connectivity index (χ1v) is 17.5. The van der Waals surface area contributed by atoms with Crippen LogP contribution in [-0.4, -0.2) is 19.5 Å². The van der Waals surface area contributed by atoms with Crippen molar-refractivity contribution < 1.29 is 0 Å². The van der Waals surface area contributed by atoms with Crippen molar-refractivity contribution in [3.63, 3.8) is 0 Å². The molecule has 10 rings (SSSR count). The smallest absolute Gasteiger partial charge is 0.164 e. The number of benzene rings is 7. The average molecular weight is 657 g/mol. The molecule has 0 bridgehead atoms. The van der Waals surface area contributed by atoms with Gasteiger partial charge >= 0.3 is 0 Å². The van der Waals surface area contributed by atoms with Crippen molar-refractivity contribution in [3.05, 3.63) is 170 Å². The molecule has 0 fully saturated rings. The highest BCUT2D eigenvalue weighted by Crippen LogP contribution is 2.44. The van der Waals surface area contributed by atoms with Crippen molar-refractivity contribution in [2.75, 3.05) is 0 Å². The standard InChI is InChI=1S/C45H28N4S/c1-4-14-29(15-5-1)43-46-44(30-16-6-2-7-17-30)48-45(47-43)37-23-13-25-40-41(37)36-22-12-21-33(42(36)50-40)31-26-27-35-34-20-10-11-24-38(34)49(39(35)28-31)32-18-8-3-9-19-32/h1-28H. The number of fused-ring (bicyclic) bond motifs is 6. The van der Waals surface area contributed by atoms with E-state index in [2.05, 4.69) is 138 Å². The molecule has 0 atom stereocenters.